The van der Waals surface area contributed by atoms with Crippen LogP contribution < -0.4 is 0 Å². The lowest BCUT2D eigenvalue weighted by atomic mass is 9.91. The van der Waals surface area contributed by atoms with Crippen LogP contribution >= 0.6 is 11.8 Å². The molecule has 0 atom stereocenters. The van der Waals surface area contributed by atoms with Crippen molar-refractivity contribution < 1.29 is 4.79 Å². The van der Waals surface area contributed by atoms with Gasteiger partial charge in [0, 0.05) is 11.6 Å². The van der Waals surface area contributed by atoms with Crippen LogP contribution in [0.5, 0.6) is 0 Å². The van der Waals surface area contributed by atoms with E-state index in [2.05, 4.69) is 0 Å². The van der Waals surface area contributed by atoms with Crippen LogP contribution in [-0.2, 0) is 4.79 Å². The van der Waals surface area contributed by atoms with Crippen molar-refractivity contribution in [3.8, 4) is 0 Å². The second-order valence-corrected chi connectivity index (χ2v) is 4.86. The predicted octanol–water partition coefficient (Wildman–Crippen LogP) is 2.08. The third kappa shape index (κ3) is 2.55. The molecule has 1 aliphatic rings. The number of carbonyl (C=O) groups excluding carboxylic acids is 1. The summed E-state index contributed by atoms with van der Waals surface area (Å²) >= 11 is 1.73. The molecule has 0 radical (unpaired) electrons. The van der Waals surface area contributed by atoms with Crippen molar-refractivity contribution in [1.82, 2.24) is 4.90 Å². The van der Waals surface area contributed by atoms with Gasteiger partial charge in [0.25, 0.3) is 0 Å². The lowest BCUT2D eigenvalue weighted by molar-refractivity contribution is -0.126. The first-order chi connectivity index (χ1) is 5.50. The van der Waals surface area contributed by atoms with Gasteiger partial charge in [0.2, 0.25) is 0 Å². The van der Waals surface area contributed by atoms with Crippen molar-refractivity contribution >= 4 is 17.5 Å². The van der Waals surface area contributed by atoms with Gasteiger partial charge in [-0.15, -0.1) is 11.8 Å². The maximum atomic E-state index is 11.5. The Balaban J connectivity index is 2.41. The Kier molecular flexibility index (Phi) is 2.83. The third-order valence-corrected chi connectivity index (χ3v) is 2.59. The van der Waals surface area contributed by atoms with E-state index in [9.17, 15) is 4.79 Å². The van der Waals surface area contributed by atoms with Crippen LogP contribution in [-0.4, -0.2) is 23.1 Å². The van der Waals surface area contributed by atoms with Crippen LogP contribution in [0.15, 0.2) is 11.6 Å². The molecule has 0 aromatic carbocycles. The number of rotatable bonds is 2. The van der Waals surface area contributed by atoms with Crippen LogP contribution in [0.2, 0.25) is 0 Å². The summed E-state index contributed by atoms with van der Waals surface area (Å²) in [5, 5.41) is 2.02. The summed E-state index contributed by atoms with van der Waals surface area (Å²) in [6.07, 6.45) is 1.98. The topological polar surface area (TPSA) is 20.3 Å². The van der Waals surface area contributed by atoms with Crippen molar-refractivity contribution in [2.75, 3.05) is 12.4 Å². The summed E-state index contributed by atoms with van der Waals surface area (Å²) in [6, 6.07) is 0. The van der Waals surface area contributed by atoms with Crippen molar-refractivity contribution in [3.63, 3.8) is 0 Å². The zero-order chi connectivity index (χ0) is 9.19. The summed E-state index contributed by atoms with van der Waals surface area (Å²) in [5.41, 5.74) is -0.207. The van der Waals surface area contributed by atoms with Gasteiger partial charge in [-0.05, 0) is 5.41 Å². The molecule has 0 unspecified atom stereocenters. The van der Waals surface area contributed by atoms with E-state index < -0.39 is 0 Å². The van der Waals surface area contributed by atoms with Crippen molar-refractivity contribution in [3.05, 3.63) is 11.6 Å². The van der Waals surface area contributed by atoms with Crippen molar-refractivity contribution in [2.24, 2.45) is 5.41 Å². The molecule has 0 aromatic rings. The Hall–Kier alpha value is -0.440. The van der Waals surface area contributed by atoms with Gasteiger partial charge in [-0.3, -0.25) is 4.79 Å². The van der Waals surface area contributed by atoms with Gasteiger partial charge in [0.05, 0.1) is 12.4 Å². The molecule has 3 heteroatoms. The van der Waals surface area contributed by atoms with Crippen LogP contribution in [0.4, 0.5) is 0 Å². The average Bonchev–Trinajstić information content (AvgIpc) is 2.37. The first-order valence-corrected chi connectivity index (χ1v) is 5.10. The maximum Gasteiger partial charge on any atom is 0.157 e. The van der Waals surface area contributed by atoms with Crippen LogP contribution in [0, 0.1) is 5.41 Å². The van der Waals surface area contributed by atoms with E-state index in [0.717, 1.165) is 5.88 Å². The Morgan fingerprint density at radius 3 is 2.67 bits per heavy atom. The SMILES string of the molecule is CC(C)(C)C(=O)CN1C=CSC1. The molecule has 0 amide bonds. The molecule has 1 aliphatic heterocycles. The van der Waals surface area contributed by atoms with Crippen LogP contribution in [0.1, 0.15) is 20.8 Å². The normalized spacial score (nSPS) is 17.1. The zero-order valence-electron chi connectivity index (χ0n) is 7.83. The highest BCUT2D eigenvalue weighted by Crippen LogP contribution is 2.19. The van der Waals surface area contributed by atoms with Gasteiger partial charge in [-0.2, -0.15) is 0 Å². The zero-order valence-corrected chi connectivity index (χ0v) is 8.65. The first-order valence-electron chi connectivity index (χ1n) is 4.06. The molecule has 12 heavy (non-hydrogen) atoms. The third-order valence-electron chi connectivity index (χ3n) is 1.79. The molecule has 0 N–H and O–H groups in total. The summed E-state index contributed by atoms with van der Waals surface area (Å²) in [5.74, 6) is 1.22. The number of ketones is 1. The largest absolute Gasteiger partial charge is 0.360 e. The lowest BCUT2D eigenvalue weighted by Gasteiger charge is -2.21. The highest BCUT2D eigenvalue weighted by Gasteiger charge is 2.22. The fourth-order valence-corrected chi connectivity index (χ4v) is 1.54. The highest BCUT2D eigenvalue weighted by molar-refractivity contribution is 8.02. The van der Waals surface area contributed by atoms with E-state index in [0.29, 0.717) is 12.3 Å². The van der Waals surface area contributed by atoms with Crippen LogP contribution in [0.25, 0.3) is 0 Å². The molecular weight excluding hydrogens is 170 g/mol. The van der Waals surface area contributed by atoms with Gasteiger partial charge in [0.15, 0.2) is 5.78 Å². The molecule has 1 heterocycles. The number of thioether (sulfide) groups is 1. The van der Waals surface area contributed by atoms with E-state index in [1.807, 2.05) is 37.3 Å². The molecule has 0 fully saturated rings. The Morgan fingerprint density at radius 1 is 1.58 bits per heavy atom. The summed E-state index contributed by atoms with van der Waals surface area (Å²) in [7, 11) is 0. The van der Waals surface area contributed by atoms with E-state index in [4.69, 9.17) is 0 Å². The van der Waals surface area contributed by atoms with Gasteiger partial charge >= 0.3 is 0 Å². The molecule has 0 saturated carbocycles. The number of hydrogen-bond acceptors (Lipinski definition) is 3. The summed E-state index contributed by atoms with van der Waals surface area (Å²) < 4.78 is 0. The molecular formula is C9H15NOS. The molecule has 0 spiro atoms. The smallest absolute Gasteiger partial charge is 0.157 e. The molecule has 0 bridgehead atoms. The highest BCUT2D eigenvalue weighted by atomic mass is 32.2. The number of carbonyl (C=O) groups is 1. The van der Waals surface area contributed by atoms with Crippen molar-refractivity contribution in [2.45, 2.75) is 20.8 Å². The number of nitrogens with zero attached hydrogens (tertiary/aromatic N) is 1. The van der Waals surface area contributed by atoms with Crippen LogP contribution in [0.3, 0.4) is 0 Å². The Bertz CT molecular complexity index is 205. The Morgan fingerprint density at radius 2 is 2.25 bits per heavy atom. The number of Topliss-reactive ketones (excluding diaryl/α,β-unsaturated/α-hetero) is 1. The standard InChI is InChI=1S/C9H15NOS/c1-9(2,3)8(11)6-10-4-5-12-7-10/h4-5H,6-7H2,1-3H3. The fraction of sp³-hybridized carbons (Fsp3) is 0.667. The van der Waals surface area contributed by atoms with E-state index >= 15 is 0 Å². The van der Waals surface area contributed by atoms with E-state index in [-0.39, 0.29) is 5.41 Å². The molecule has 2 nitrogen and oxygen atoms in total. The fourth-order valence-electron chi connectivity index (χ4n) is 0.831. The van der Waals surface area contributed by atoms with Gasteiger partial charge in [0.1, 0.15) is 0 Å². The molecule has 0 aromatic heterocycles. The first kappa shape index (κ1) is 9.65. The summed E-state index contributed by atoms with van der Waals surface area (Å²) in [6.45, 7) is 6.43. The molecule has 0 aliphatic carbocycles. The van der Waals surface area contributed by atoms with Gasteiger partial charge < -0.3 is 4.90 Å². The molecule has 0 saturated heterocycles. The minimum Gasteiger partial charge on any atom is -0.360 e. The number of hydrogen-bond donors (Lipinski definition) is 0. The lowest BCUT2D eigenvalue weighted by Crippen LogP contribution is -2.31. The Labute approximate surface area is 78.0 Å². The quantitative estimate of drug-likeness (QED) is 0.657. The minimum atomic E-state index is -0.207. The second-order valence-electron chi connectivity index (χ2n) is 4.00. The average molecular weight is 185 g/mol. The van der Waals surface area contributed by atoms with E-state index in [1.165, 1.54) is 0 Å². The van der Waals surface area contributed by atoms with Gasteiger partial charge in [-0.1, -0.05) is 20.8 Å². The molecule has 68 valence electrons. The maximum absolute atomic E-state index is 11.5. The molecule has 1 rings (SSSR count). The minimum absolute atomic E-state index is 0.207. The monoisotopic (exact) mass is 185 g/mol. The van der Waals surface area contributed by atoms with Gasteiger partial charge in [-0.25, -0.2) is 0 Å². The predicted molar refractivity (Wildman–Crippen MR) is 52.8 cm³/mol. The van der Waals surface area contributed by atoms with E-state index in [1.54, 1.807) is 11.8 Å². The second kappa shape index (κ2) is 3.52. The summed E-state index contributed by atoms with van der Waals surface area (Å²) in [4.78, 5) is 13.6. The van der Waals surface area contributed by atoms with Crippen molar-refractivity contribution in [1.29, 1.82) is 0 Å².